The minimum atomic E-state index is -2.91. The first-order chi connectivity index (χ1) is 7.31. The van der Waals surface area contributed by atoms with E-state index in [1.54, 1.807) is 0 Å². The van der Waals surface area contributed by atoms with E-state index in [-0.39, 0.29) is 11.8 Å². The number of hydrogen-bond donors (Lipinski definition) is 1. The Kier molecular flexibility index (Phi) is 4.09. The quantitative estimate of drug-likeness (QED) is 0.838. The molecule has 5 nitrogen and oxygen atoms in total. The summed E-state index contributed by atoms with van der Waals surface area (Å²) in [7, 11) is -2.91. The largest absolute Gasteiger partial charge is 0.361 e. The third-order valence-corrected chi connectivity index (χ3v) is 3.39. The Morgan fingerprint density at radius 2 is 2.06 bits per heavy atom. The summed E-state index contributed by atoms with van der Waals surface area (Å²) in [6.07, 6.45) is 1.23. The van der Waals surface area contributed by atoms with Crippen LogP contribution in [-0.4, -0.2) is 32.1 Å². The molecule has 0 radical (unpaired) electrons. The zero-order valence-corrected chi connectivity index (χ0v) is 10.9. The maximum Gasteiger partial charge on any atom is 0.148 e. The molecule has 1 heterocycles. The van der Waals surface area contributed by atoms with Gasteiger partial charge in [-0.1, -0.05) is 5.16 Å². The normalized spacial score (nSPS) is 14.0. The summed E-state index contributed by atoms with van der Waals surface area (Å²) in [5.74, 6) is 0.914. The fourth-order valence-corrected chi connectivity index (χ4v) is 2.16. The molecule has 0 fully saturated rings. The molecule has 1 N–H and O–H groups in total. The molecule has 0 bridgehead atoms. The Bertz CT molecular complexity index is 431. The van der Waals surface area contributed by atoms with E-state index in [1.165, 1.54) is 6.26 Å². The van der Waals surface area contributed by atoms with Crippen LogP contribution >= 0.6 is 0 Å². The van der Waals surface area contributed by atoms with Crippen LogP contribution in [0.2, 0.25) is 0 Å². The van der Waals surface area contributed by atoms with Crippen LogP contribution in [0.5, 0.6) is 0 Å². The van der Waals surface area contributed by atoms with E-state index in [0.29, 0.717) is 6.54 Å². The molecule has 0 spiro atoms. The van der Waals surface area contributed by atoms with Gasteiger partial charge in [-0.15, -0.1) is 0 Å². The summed E-state index contributed by atoms with van der Waals surface area (Å²) >= 11 is 0. The molecule has 0 aliphatic rings. The van der Waals surface area contributed by atoms with Gasteiger partial charge in [0.2, 0.25) is 0 Å². The summed E-state index contributed by atoms with van der Waals surface area (Å²) in [5.41, 5.74) is 1.85. The summed E-state index contributed by atoms with van der Waals surface area (Å²) in [4.78, 5) is 0. The summed E-state index contributed by atoms with van der Waals surface area (Å²) in [6.45, 7) is 6.13. The van der Waals surface area contributed by atoms with Gasteiger partial charge in [0.15, 0.2) is 0 Å². The second-order valence-electron chi connectivity index (χ2n) is 4.04. The van der Waals surface area contributed by atoms with E-state index < -0.39 is 9.84 Å². The number of aromatic nitrogens is 1. The van der Waals surface area contributed by atoms with Gasteiger partial charge in [-0.25, -0.2) is 8.42 Å². The number of nitrogens with zero attached hydrogens (tertiary/aromatic N) is 1. The predicted molar refractivity (Wildman–Crippen MR) is 62.1 cm³/mol. The van der Waals surface area contributed by atoms with Crippen LogP contribution in [-0.2, 0) is 9.84 Å². The molecule has 92 valence electrons. The molecular formula is C10H18N2O3S. The molecule has 1 atom stereocenters. The summed E-state index contributed by atoms with van der Waals surface area (Å²) in [5, 5.41) is 7.00. The molecule has 1 rings (SSSR count). The van der Waals surface area contributed by atoms with Crippen LogP contribution in [0.4, 0.5) is 0 Å². The van der Waals surface area contributed by atoms with E-state index in [2.05, 4.69) is 10.5 Å². The lowest BCUT2D eigenvalue weighted by atomic mass is 10.1. The lowest BCUT2D eigenvalue weighted by Crippen LogP contribution is -2.25. The number of aryl methyl sites for hydroxylation is 2. The first kappa shape index (κ1) is 13.2. The van der Waals surface area contributed by atoms with Crippen molar-refractivity contribution in [1.82, 2.24) is 10.5 Å². The minimum Gasteiger partial charge on any atom is -0.361 e. The van der Waals surface area contributed by atoms with Crippen LogP contribution in [0, 0.1) is 13.8 Å². The number of sulfone groups is 1. The second kappa shape index (κ2) is 4.97. The molecule has 1 aromatic heterocycles. The van der Waals surface area contributed by atoms with E-state index in [1.807, 2.05) is 20.8 Å². The standard InChI is InChI=1S/C10H18N2O3S/c1-7(11-5-6-16(4,13)14)10-8(2)12-15-9(10)3/h7,11H,5-6H2,1-4H3. The van der Waals surface area contributed by atoms with Crippen molar-refractivity contribution in [2.75, 3.05) is 18.6 Å². The molecule has 1 aromatic rings. The lowest BCUT2D eigenvalue weighted by Gasteiger charge is -2.12. The molecule has 0 aromatic carbocycles. The van der Waals surface area contributed by atoms with Crippen LogP contribution < -0.4 is 5.32 Å². The van der Waals surface area contributed by atoms with Crippen molar-refractivity contribution >= 4 is 9.84 Å². The third kappa shape index (κ3) is 3.61. The maximum atomic E-state index is 11.0. The van der Waals surface area contributed by atoms with Crippen LogP contribution in [0.3, 0.4) is 0 Å². The molecule has 0 amide bonds. The highest BCUT2D eigenvalue weighted by Crippen LogP contribution is 2.20. The number of nitrogens with one attached hydrogen (secondary N) is 1. The van der Waals surface area contributed by atoms with Crippen LogP contribution in [0.15, 0.2) is 4.52 Å². The number of rotatable bonds is 5. The molecule has 0 aliphatic carbocycles. The SMILES string of the molecule is Cc1noc(C)c1C(C)NCCS(C)(=O)=O. The molecule has 0 saturated carbocycles. The lowest BCUT2D eigenvalue weighted by molar-refractivity contribution is 0.390. The van der Waals surface area contributed by atoms with Crippen molar-refractivity contribution in [3.8, 4) is 0 Å². The van der Waals surface area contributed by atoms with E-state index >= 15 is 0 Å². The zero-order valence-electron chi connectivity index (χ0n) is 10.1. The molecule has 1 unspecified atom stereocenters. The van der Waals surface area contributed by atoms with Crippen molar-refractivity contribution in [2.24, 2.45) is 0 Å². The van der Waals surface area contributed by atoms with Gasteiger partial charge in [0.05, 0.1) is 11.4 Å². The molecule has 16 heavy (non-hydrogen) atoms. The fraction of sp³-hybridized carbons (Fsp3) is 0.700. The van der Waals surface area contributed by atoms with Gasteiger partial charge in [-0.2, -0.15) is 0 Å². The predicted octanol–water partition coefficient (Wildman–Crippen LogP) is 0.987. The van der Waals surface area contributed by atoms with Gasteiger partial charge in [0.1, 0.15) is 15.6 Å². The Morgan fingerprint density at radius 1 is 1.44 bits per heavy atom. The van der Waals surface area contributed by atoms with Gasteiger partial charge in [-0.05, 0) is 20.8 Å². The van der Waals surface area contributed by atoms with Gasteiger partial charge in [-0.3, -0.25) is 0 Å². The Labute approximate surface area is 96.1 Å². The first-order valence-electron chi connectivity index (χ1n) is 5.15. The van der Waals surface area contributed by atoms with E-state index in [4.69, 9.17) is 4.52 Å². The third-order valence-electron chi connectivity index (χ3n) is 2.44. The average molecular weight is 246 g/mol. The highest BCUT2D eigenvalue weighted by atomic mass is 32.2. The fourth-order valence-electron chi connectivity index (χ4n) is 1.67. The highest BCUT2D eigenvalue weighted by molar-refractivity contribution is 7.90. The van der Waals surface area contributed by atoms with Gasteiger partial charge >= 0.3 is 0 Å². The molecule has 0 aliphatic heterocycles. The highest BCUT2D eigenvalue weighted by Gasteiger charge is 2.16. The van der Waals surface area contributed by atoms with E-state index in [0.717, 1.165) is 17.0 Å². The summed E-state index contributed by atoms with van der Waals surface area (Å²) < 4.78 is 27.0. The second-order valence-corrected chi connectivity index (χ2v) is 6.30. The zero-order chi connectivity index (χ0) is 12.3. The van der Waals surface area contributed by atoms with E-state index in [9.17, 15) is 8.42 Å². The molecule has 0 saturated heterocycles. The topological polar surface area (TPSA) is 72.2 Å². The van der Waals surface area contributed by atoms with Crippen LogP contribution in [0.1, 0.15) is 30.0 Å². The Balaban J connectivity index is 2.57. The molecular weight excluding hydrogens is 228 g/mol. The van der Waals surface area contributed by atoms with Crippen molar-refractivity contribution in [1.29, 1.82) is 0 Å². The van der Waals surface area contributed by atoms with Crippen molar-refractivity contribution in [3.05, 3.63) is 17.0 Å². The van der Waals surface area contributed by atoms with Crippen molar-refractivity contribution in [3.63, 3.8) is 0 Å². The van der Waals surface area contributed by atoms with Gasteiger partial charge in [0.25, 0.3) is 0 Å². The smallest absolute Gasteiger partial charge is 0.148 e. The Hall–Kier alpha value is -0.880. The maximum absolute atomic E-state index is 11.0. The van der Waals surface area contributed by atoms with Gasteiger partial charge < -0.3 is 9.84 Å². The van der Waals surface area contributed by atoms with Gasteiger partial charge in [0, 0.05) is 24.4 Å². The minimum absolute atomic E-state index is 0.0491. The van der Waals surface area contributed by atoms with Crippen molar-refractivity contribution < 1.29 is 12.9 Å². The first-order valence-corrected chi connectivity index (χ1v) is 7.21. The monoisotopic (exact) mass is 246 g/mol. The van der Waals surface area contributed by atoms with Crippen LogP contribution in [0.25, 0.3) is 0 Å². The molecule has 6 heteroatoms. The number of hydrogen-bond acceptors (Lipinski definition) is 5. The Morgan fingerprint density at radius 3 is 2.50 bits per heavy atom. The average Bonchev–Trinajstić information content (AvgIpc) is 2.43. The van der Waals surface area contributed by atoms with Crippen molar-refractivity contribution in [2.45, 2.75) is 26.8 Å². The summed E-state index contributed by atoms with van der Waals surface area (Å²) in [6, 6.07) is 0.0491.